The van der Waals surface area contributed by atoms with Gasteiger partial charge < -0.3 is 10.5 Å². The monoisotopic (exact) mass is 233 g/mol. The molecule has 1 aliphatic heterocycles. The van der Waals surface area contributed by atoms with Crippen LogP contribution in [0.25, 0.3) is 0 Å². The molecule has 3 heteroatoms. The van der Waals surface area contributed by atoms with Gasteiger partial charge in [0.1, 0.15) is 5.75 Å². The van der Waals surface area contributed by atoms with Gasteiger partial charge in [0.25, 0.3) is 0 Å². The fourth-order valence-corrected chi connectivity index (χ4v) is 2.01. The normalized spacial score (nSPS) is 14.3. The average Bonchev–Trinajstić information content (AvgIpc) is 2.72. The molecule has 0 fully saturated rings. The van der Waals surface area contributed by atoms with Gasteiger partial charge in [0.2, 0.25) is 0 Å². The number of nitrogens with two attached hydrogens (primary N) is 1. The lowest BCUT2D eigenvalue weighted by molar-refractivity contribution is 0.0969. The molecular formula is C14H19NO2. The van der Waals surface area contributed by atoms with Crippen molar-refractivity contribution < 1.29 is 9.53 Å². The van der Waals surface area contributed by atoms with Gasteiger partial charge in [0, 0.05) is 18.4 Å². The van der Waals surface area contributed by atoms with Crippen LogP contribution >= 0.6 is 0 Å². The van der Waals surface area contributed by atoms with Gasteiger partial charge in [-0.15, -0.1) is 0 Å². The molecule has 17 heavy (non-hydrogen) atoms. The number of ether oxygens (including phenoxy) is 1. The SMILES string of the molecule is CC(C)(N)CCC(=O)c1cccc2c1OCC2. The van der Waals surface area contributed by atoms with Gasteiger partial charge in [-0.2, -0.15) is 0 Å². The Labute approximate surface area is 102 Å². The summed E-state index contributed by atoms with van der Waals surface area (Å²) in [4.78, 5) is 12.1. The maximum Gasteiger partial charge on any atom is 0.166 e. The van der Waals surface area contributed by atoms with Gasteiger partial charge in [-0.1, -0.05) is 12.1 Å². The van der Waals surface area contributed by atoms with Crippen LogP contribution in [0, 0.1) is 0 Å². The van der Waals surface area contributed by atoms with Crippen molar-refractivity contribution in [3.05, 3.63) is 29.3 Å². The van der Waals surface area contributed by atoms with E-state index in [1.807, 2.05) is 32.0 Å². The van der Waals surface area contributed by atoms with E-state index in [1.54, 1.807) is 0 Å². The Morgan fingerprint density at radius 3 is 2.94 bits per heavy atom. The second-order valence-electron chi connectivity index (χ2n) is 5.30. The van der Waals surface area contributed by atoms with Crippen molar-refractivity contribution in [3.63, 3.8) is 0 Å². The summed E-state index contributed by atoms with van der Waals surface area (Å²) in [6.45, 7) is 4.56. The first kappa shape index (κ1) is 12.1. The molecule has 0 aromatic heterocycles. The number of fused-ring (bicyclic) bond motifs is 1. The molecule has 0 atom stereocenters. The minimum atomic E-state index is -0.297. The third kappa shape index (κ3) is 2.86. The zero-order valence-electron chi connectivity index (χ0n) is 10.5. The van der Waals surface area contributed by atoms with Crippen LogP contribution in [0.5, 0.6) is 5.75 Å². The fourth-order valence-electron chi connectivity index (χ4n) is 2.01. The Kier molecular flexibility index (Phi) is 3.20. The average molecular weight is 233 g/mol. The Hall–Kier alpha value is -1.35. The quantitative estimate of drug-likeness (QED) is 0.812. The van der Waals surface area contributed by atoms with Crippen LogP contribution in [0.4, 0.5) is 0 Å². The summed E-state index contributed by atoms with van der Waals surface area (Å²) in [6, 6.07) is 5.79. The molecule has 0 spiro atoms. The van der Waals surface area contributed by atoms with Crippen molar-refractivity contribution in [3.8, 4) is 5.75 Å². The van der Waals surface area contributed by atoms with Crippen molar-refractivity contribution in [2.75, 3.05) is 6.61 Å². The number of carbonyl (C=O) groups is 1. The van der Waals surface area contributed by atoms with Crippen molar-refractivity contribution in [1.29, 1.82) is 0 Å². The van der Waals surface area contributed by atoms with Crippen LogP contribution in [0.15, 0.2) is 18.2 Å². The van der Waals surface area contributed by atoms with E-state index in [0.29, 0.717) is 25.0 Å². The minimum Gasteiger partial charge on any atom is -0.492 e. The first-order valence-electron chi connectivity index (χ1n) is 6.04. The lowest BCUT2D eigenvalue weighted by Gasteiger charge is -2.17. The van der Waals surface area contributed by atoms with Crippen molar-refractivity contribution >= 4 is 5.78 Å². The van der Waals surface area contributed by atoms with E-state index in [4.69, 9.17) is 10.5 Å². The molecule has 0 unspecified atom stereocenters. The fraction of sp³-hybridized carbons (Fsp3) is 0.500. The van der Waals surface area contributed by atoms with Crippen LogP contribution in [0.2, 0.25) is 0 Å². The highest BCUT2D eigenvalue weighted by Gasteiger charge is 2.21. The first-order chi connectivity index (χ1) is 7.97. The standard InChI is InChI=1S/C14H19NO2/c1-14(2,15)8-6-12(16)11-5-3-4-10-7-9-17-13(10)11/h3-5H,6-9,15H2,1-2H3. The lowest BCUT2D eigenvalue weighted by Crippen LogP contribution is -2.32. The Bertz CT molecular complexity index is 432. The van der Waals surface area contributed by atoms with E-state index >= 15 is 0 Å². The van der Waals surface area contributed by atoms with Gasteiger partial charge in [-0.3, -0.25) is 4.79 Å². The summed E-state index contributed by atoms with van der Waals surface area (Å²) < 4.78 is 5.53. The summed E-state index contributed by atoms with van der Waals surface area (Å²) in [5.74, 6) is 0.912. The van der Waals surface area contributed by atoms with E-state index in [1.165, 1.54) is 0 Å². The zero-order chi connectivity index (χ0) is 12.5. The Morgan fingerprint density at radius 2 is 2.24 bits per heavy atom. The van der Waals surface area contributed by atoms with Crippen molar-refractivity contribution in [2.45, 2.75) is 38.6 Å². The topological polar surface area (TPSA) is 52.3 Å². The van der Waals surface area contributed by atoms with E-state index in [2.05, 4.69) is 0 Å². The van der Waals surface area contributed by atoms with Crippen LogP contribution in [0.1, 0.15) is 42.6 Å². The van der Waals surface area contributed by atoms with Gasteiger partial charge in [-0.25, -0.2) is 0 Å². The van der Waals surface area contributed by atoms with E-state index < -0.39 is 0 Å². The van der Waals surface area contributed by atoms with Crippen molar-refractivity contribution in [1.82, 2.24) is 0 Å². The van der Waals surface area contributed by atoms with Gasteiger partial charge in [0.05, 0.1) is 12.2 Å². The predicted molar refractivity (Wildman–Crippen MR) is 67.5 cm³/mol. The molecule has 1 aromatic rings. The second kappa shape index (κ2) is 4.49. The molecule has 0 radical (unpaired) electrons. The highest BCUT2D eigenvalue weighted by Crippen LogP contribution is 2.30. The van der Waals surface area contributed by atoms with Crippen LogP contribution in [0.3, 0.4) is 0 Å². The number of hydrogen-bond acceptors (Lipinski definition) is 3. The number of para-hydroxylation sites is 1. The molecule has 1 heterocycles. The molecule has 0 aliphatic carbocycles. The number of carbonyl (C=O) groups excluding carboxylic acids is 1. The third-order valence-electron chi connectivity index (χ3n) is 3.01. The molecule has 0 bridgehead atoms. The molecule has 1 aliphatic rings. The summed E-state index contributed by atoms with van der Waals surface area (Å²) in [5.41, 5.74) is 7.45. The minimum absolute atomic E-state index is 0.127. The molecule has 1 aromatic carbocycles. The molecular weight excluding hydrogens is 214 g/mol. The maximum absolute atomic E-state index is 12.1. The lowest BCUT2D eigenvalue weighted by atomic mass is 9.95. The summed E-state index contributed by atoms with van der Waals surface area (Å²) >= 11 is 0. The van der Waals surface area contributed by atoms with E-state index in [-0.39, 0.29) is 11.3 Å². The predicted octanol–water partition coefficient (Wildman–Crippen LogP) is 2.32. The number of benzene rings is 1. The van der Waals surface area contributed by atoms with Crippen molar-refractivity contribution in [2.24, 2.45) is 5.73 Å². The zero-order valence-corrected chi connectivity index (χ0v) is 10.5. The highest BCUT2D eigenvalue weighted by molar-refractivity contribution is 5.99. The second-order valence-corrected chi connectivity index (χ2v) is 5.30. The molecule has 0 amide bonds. The molecule has 2 N–H and O–H groups in total. The van der Waals surface area contributed by atoms with Gasteiger partial charge >= 0.3 is 0 Å². The Morgan fingerprint density at radius 1 is 1.47 bits per heavy atom. The van der Waals surface area contributed by atoms with E-state index in [9.17, 15) is 4.79 Å². The van der Waals surface area contributed by atoms with Crippen LogP contribution < -0.4 is 10.5 Å². The molecule has 0 saturated heterocycles. The van der Waals surface area contributed by atoms with Gasteiger partial charge in [0.15, 0.2) is 5.78 Å². The number of Topliss-reactive ketones (excluding diaryl/α,β-unsaturated/α-hetero) is 1. The smallest absolute Gasteiger partial charge is 0.166 e. The number of rotatable bonds is 4. The summed E-state index contributed by atoms with van der Waals surface area (Å²) in [6.07, 6.45) is 2.07. The molecule has 3 nitrogen and oxygen atoms in total. The maximum atomic E-state index is 12.1. The Balaban J connectivity index is 2.13. The molecule has 2 rings (SSSR count). The van der Waals surface area contributed by atoms with E-state index in [0.717, 1.165) is 17.7 Å². The molecule has 0 saturated carbocycles. The highest BCUT2D eigenvalue weighted by atomic mass is 16.5. The third-order valence-corrected chi connectivity index (χ3v) is 3.01. The summed E-state index contributed by atoms with van der Waals surface area (Å²) in [7, 11) is 0. The van der Waals surface area contributed by atoms with Crippen LogP contribution in [-0.4, -0.2) is 17.9 Å². The summed E-state index contributed by atoms with van der Waals surface area (Å²) in [5, 5.41) is 0. The van der Waals surface area contributed by atoms with Gasteiger partial charge in [-0.05, 0) is 31.9 Å². The van der Waals surface area contributed by atoms with Crippen LogP contribution in [-0.2, 0) is 6.42 Å². The largest absolute Gasteiger partial charge is 0.492 e. The first-order valence-corrected chi connectivity index (χ1v) is 6.04. The molecule has 92 valence electrons. The number of ketones is 1. The number of hydrogen-bond donors (Lipinski definition) is 1.